The number of piperidine rings is 1. The predicted octanol–water partition coefficient (Wildman–Crippen LogP) is 2.83. The maximum absolute atomic E-state index is 13.2. The van der Waals surface area contributed by atoms with Gasteiger partial charge in [0, 0.05) is 25.0 Å². The van der Waals surface area contributed by atoms with Crippen LogP contribution < -0.4 is 5.56 Å². The van der Waals surface area contributed by atoms with Crippen LogP contribution in [0.2, 0.25) is 0 Å². The zero-order chi connectivity index (χ0) is 19.8. The molecule has 0 spiro atoms. The number of para-hydroxylation sites is 2. The highest BCUT2D eigenvalue weighted by atomic mass is 16.2. The highest BCUT2D eigenvalue weighted by Crippen LogP contribution is 2.23. The molecule has 5 rings (SSSR count). The van der Waals surface area contributed by atoms with Gasteiger partial charge < -0.3 is 9.47 Å². The van der Waals surface area contributed by atoms with Crippen LogP contribution in [0.4, 0.5) is 0 Å². The molecule has 1 amide bonds. The van der Waals surface area contributed by atoms with Gasteiger partial charge in [0.25, 0.3) is 11.5 Å². The molecule has 0 bridgehead atoms. The van der Waals surface area contributed by atoms with E-state index in [9.17, 15) is 9.59 Å². The van der Waals surface area contributed by atoms with Gasteiger partial charge in [-0.3, -0.25) is 9.59 Å². The maximum atomic E-state index is 13.2. The topological polar surface area (TPSA) is 83.9 Å². The SMILES string of the molecule is O=C(c1n[nH]c(=O)c2ccccc12)N1CCCC(Cn2cnc3ccccc32)C1. The van der Waals surface area contributed by atoms with Crippen molar-refractivity contribution in [1.29, 1.82) is 0 Å². The summed E-state index contributed by atoms with van der Waals surface area (Å²) in [4.78, 5) is 31.6. The Kier molecular flexibility index (Phi) is 4.35. The molecule has 1 aliphatic heterocycles. The van der Waals surface area contributed by atoms with E-state index in [4.69, 9.17) is 0 Å². The van der Waals surface area contributed by atoms with Gasteiger partial charge in [-0.2, -0.15) is 5.10 Å². The molecular weight excluding hydrogens is 366 g/mol. The number of imidazole rings is 1. The Morgan fingerprint density at radius 2 is 1.90 bits per heavy atom. The number of H-pyrrole nitrogens is 1. The van der Waals surface area contributed by atoms with Crippen LogP contribution >= 0.6 is 0 Å². The molecule has 4 aromatic rings. The molecule has 1 unspecified atom stereocenters. The minimum atomic E-state index is -0.277. The third kappa shape index (κ3) is 3.18. The van der Waals surface area contributed by atoms with Crippen molar-refractivity contribution in [3.05, 3.63) is 70.9 Å². The number of carbonyl (C=O) groups excluding carboxylic acids is 1. The number of fused-ring (bicyclic) bond motifs is 2. The minimum absolute atomic E-state index is 0.127. The van der Waals surface area contributed by atoms with Crippen LogP contribution in [-0.4, -0.2) is 43.6 Å². The molecule has 1 saturated heterocycles. The van der Waals surface area contributed by atoms with E-state index < -0.39 is 0 Å². The fourth-order valence-electron chi connectivity index (χ4n) is 4.26. The highest BCUT2D eigenvalue weighted by Gasteiger charge is 2.27. The van der Waals surface area contributed by atoms with E-state index in [1.807, 2.05) is 35.5 Å². The molecule has 0 aliphatic carbocycles. The Morgan fingerprint density at radius 3 is 2.79 bits per heavy atom. The summed E-state index contributed by atoms with van der Waals surface area (Å²) >= 11 is 0. The number of rotatable bonds is 3. The van der Waals surface area contributed by atoms with Crippen molar-refractivity contribution in [3.8, 4) is 0 Å². The van der Waals surface area contributed by atoms with E-state index in [1.165, 1.54) is 0 Å². The second-order valence-electron chi connectivity index (χ2n) is 7.59. The summed E-state index contributed by atoms with van der Waals surface area (Å²) in [7, 11) is 0. The summed E-state index contributed by atoms with van der Waals surface area (Å²) in [6.45, 7) is 2.19. The third-order valence-corrected chi connectivity index (χ3v) is 5.69. The summed E-state index contributed by atoms with van der Waals surface area (Å²) in [5.74, 6) is 0.219. The number of amides is 1. The van der Waals surface area contributed by atoms with Gasteiger partial charge in [0.15, 0.2) is 5.69 Å². The number of nitrogens with one attached hydrogen (secondary N) is 1. The smallest absolute Gasteiger partial charge is 0.274 e. The second kappa shape index (κ2) is 7.16. The molecule has 0 saturated carbocycles. The summed E-state index contributed by atoms with van der Waals surface area (Å²) in [6, 6.07) is 15.2. The van der Waals surface area contributed by atoms with Gasteiger partial charge in [-0.05, 0) is 37.0 Å². The molecule has 0 radical (unpaired) electrons. The number of hydrogen-bond donors (Lipinski definition) is 1. The van der Waals surface area contributed by atoms with E-state index in [-0.39, 0.29) is 11.5 Å². The van der Waals surface area contributed by atoms with E-state index in [1.54, 1.807) is 18.2 Å². The summed E-state index contributed by atoms with van der Waals surface area (Å²) in [5.41, 5.74) is 2.14. The average molecular weight is 387 g/mol. The van der Waals surface area contributed by atoms with Gasteiger partial charge in [-0.15, -0.1) is 0 Å². The molecule has 7 nitrogen and oxygen atoms in total. The molecule has 1 atom stereocenters. The summed E-state index contributed by atoms with van der Waals surface area (Å²) in [6.07, 6.45) is 3.89. The van der Waals surface area contributed by atoms with Gasteiger partial charge in [0.2, 0.25) is 0 Å². The number of nitrogens with zero attached hydrogens (tertiary/aromatic N) is 4. The van der Waals surface area contributed by atoms with Gasteiger partial charge in [-0.1, -0.05) is 30.3 Å². The van der Waals surface area contributed by atoms with Gasteiger partial charge in [-0.25, -0.2) is 10.1 Å². The van der Waals surface area contributed by atoms with Crippen LogP contribution in [0.15, 0.2) is 59.7 Å². The lowest BCUT2D eigenvalue weighted by atomic mass is 9.97. The van der Waals surface area contributed by atoms with E-state index in [0.717, 1.165) is 30.4 Å². The van der Waals surface area contributed by atoms with Crippen molar-refractivity contribution in [2.75, 3.05) is 13.1 Å². The summed E-state index contributed by atoms with van der Waals surface area (Å²) < 4.78 is 2.17. The average Bonchev–Trinajstić information content (AvgIpc) is 3.17. The zero-order valence-electron chi connectivity index (χ0n) is 15.9. The van der Waals surface area contributed by atoms with Crippen molar-refractivity contribution in [1.82, 2.24) is 24.6 Å². The molecule has 7 heteroatoms. The van der Waals surface area contributed by atoms with Crippen LogP contribution in [0.3, 0.4) is 0 Å². The molecule has 1 aliphatic rings. The van der Waals surface area contributed by atoms with Crippen LogP contribution in [0, 0.1) is 5.92 Å². The lowest BCUT2D eigenvalue weighted by Gasteiger charge is -2.33. The predicted molar refractivity (Wildman–Crippen MR) is 111 cm³/mol. The number of hydrogen-bond acceptors (Lipinski definition) is 4. The van der Waals surface area contributed by atoms with E-state index in [0.29, 0.717) is 35.5 Å². The largest absolute Gasteiger partial charge is 0.337 e. The molecule has 1 fully saturated rings. The number of aromatic nitrogens is 4. The molecule has 2 aromatic carbocycles. The van der Waals surface area contributed by atoms with Crippen molar-refractivity contribution >= 4 is 27.7 Å². The van der Waals surface area contributed by atoms with Crippen LogP contribution in [0.5, 0.6) is 0 Å². The molecular formula is C22H21N5O2. The van der Waals surface area contributed by atoms with Crippen molar-refractivity contribution in [2.45, 2.75) is 19.4 Å². The number of likely N-dealkylation sites (tertiary alicyclic amines) is 1. The monoisotopic (exact) mass is 387 g/mol. The first-order valence-corrected chi connectivity index (χ1v) is 9.87. The second-order valence-corrected chi connectivity index (χ2v) is 7.59. The molecule has 2 aromatic heterocycles. The zero-order valence-corrected chi connectivity index (χ0v) is 15.9. The Morgan fingerprint density at radius 1 is 1.10 bits per heavy atom. The van der Waals surface area contributed by atoms with E-state index >= 15 is 0 Å². The Balaban J connectivity index is 1.39. The quantitative estimate of drug-likeness (QED) is 0.586. The van der Waals surface area contributed by atoms with Crippen molar-refractivity contribution in [2.24, 2.45) is 5.92 Å². The fourth-order valence-corrected chi connectivity index (χ4v) is 4.26. The van der Waals surface area contributed by atoms with Crippen LogP contribution in [-0.2, 0) is 6.54 Å². The number of aromatic amines is 1. The minimum Gasteiger partial charge on any atom is -0.337 e. The van der Waals surface area contributed by atoms with Crippen molar-refractivity contribution < 1.29 is 4.79 Å². The fraction of sp³-hybridized carbons (Fsp3) is 0.273. The maximum Gasteiger partial charge on any atom is 0.274 e. The molecule has 1 N–H and O–H groups in total. The van der Waals surface area contributed by atoms with Crippen LogP contribution in [0.1, 0.15) is 23.3 Å². The Bertz CT molecular complexity index is 1260. The molecule has 29 heavy (non-hydrogen) atoms. The lowest BCUT2D eigenvalue weighted by Crippen LogP contribution is -2.41. The first-order chi connectivity index (χ1) is 14.2. The first kappa shape index (κ1) is 17.6. The van der Waals surface area contributed by atoms with Gasteiger partial charge >= 0.3 is 0 Å². The van der Waals surface area contributed by atoms with Crippen molar-refractivity contribution in [3.63, 3.8) is 0 Å². The third-order valence-electron chi connectivity index (χ3n) is 5.69. The molecule has 3 heterocycles. The number of carbonyl (C=O) groups is 1. The lowest BCUT2D eigenvalue weighted by molar-refractivity contribution is 0.0658. The number of benzene rings is 2. The van der Waals surface area contributed by atoms with E-state index in [2.05, 4.69) is 25.8 Å². The standard InChI is InChI=1S/C22H21N5O2/c28-21-17-8-2-1-7-16(17)20(24-25-21)22(29)26-11-5-6-15(12-26)13-27-14-23-18-9-3-4-10-19(18)27/h1-4,7-10,14-15H,5-6,11-13H2,(H,25,28). The van der Waals surface area contributed by atoms with Gasteiger partial charge in [0.1, 0.15) is 0 Å². The Hall–Kier alpha value is -3.48. The first-order valence-electron chi connectivity index (χ1n) is 9.87. The highest BCUT2D eigenvalue weighted by molar-refractivity contribution is 6.04. The normalized spacial score (nSPS) is 17.1. The molecule has 146 valence electrons. The summed E-state index contributed by atoms with van der Waals surface area (Å²) in [5, 5.41) is 7.64. The van der Waals surface area contributed by atoms with Crippen LogP contribution in [0.25, 0.3) is 21.8 Å². The van der Waals surface area contributed by atoms with Gasteiger partial charge in [0.05, 0.1) is 22.7 Å². The Labute approximate surface area is 167 Å².